The van der Waals surface area contributed by atoms with Crippen molar-refractivity contribution in [3.05, 3.63) is 96.9 Å². The van der Waals surface area contributed by atoms with Crippen molar-refractivity contribution in [3.63, 3.8) is 0 Å². The molecule has 0 unspecified atom stereocenters. The second-order valence-electron chi connectivity index (χ2n) is 6.27. The molecule has 0 aliphatic carbocycles. The molecule has 0 saturated carbocycles. The fourth-order valence-corrected chi connectivity index (χ4v) is 2.97. The molecule has 3 aromatic rings. The molecule has 0 fully saturated rings. The first-order valence-corrected chi connectivity index (χ1v) is 9.01. The van der Waals surface area contributed by atoms with Gasteiger partial charge in [-0.3, -0.25) is 20.2 Å². The number of non-ortho nitro benzene ring substituents is 1. The quantitative estimate of drug-likeness (QED) is 0.241. The molecule has 2 aromatic carbocycles. The van der Waals surface area contributed by atoms with E-state index in [4.69, 9.17) is 20.8 Å². The Morgan fingerprint density at radius 2 is 1.65 bits per heavy atom. The second kappa shape index (κ2) is 7.84. The number of nitrogens with zero attached hydrogens (tertiary/aromatic N) is 3. The van der Waals surface area contributed by atoms with Crippen molar-refractivity contribution in [1.29, 1.82) is 0 Å². The monoisotopic (exact) mass is 439 g/mol. The van der Waals surface area contributed by atoms with Gasteiger partial charge in [-0.2, -0.15) is 0 Å². The molecule has 0 spiro atoms. The first-order chi connectivity index (χ1) is 14.8. The largest absolute Gasteiger partial charge is 0.457 e. The number of nitro benzene ring substituents is 2. The number of furan rings is 1. The van der Waals surface area contributed by atoms with Crippen LogP contribution in [0.3, 0.4) is 0 Å². The summed E-state index contributed by atoms with van der Waals surface area (Å²) in [4.78, 5) is 36.9. The third-order valence-electron chi connectivity index (χ3n) is 4.28. The van der Waals surface area contributed by atoms with E-state index in [9.17, 15) is 25.0 Å². The van der Waals surface area contributed by atoms with Gasteiger partial charge in [0.2, 0.25) is 5.90 Å². The molecule has 0 radical (unpaired) electrons. The van der Waals surface area contributed by atoms with Crippen LogP contribution in [0, 0.1) is 20.2 Å². The number of rotatable bonds is 5. The minimum absolute atomic E-state index is 0.0457. The van der Waals surface area contributed by atoms with Crippen LogP contribution in [-0.2, 0) is 9.53 Å². The summed E-state index contributed by atoms with van der Waals surface area (Å²) in [6, 6.07) is 13.0. The molecule has 0 atom stereocenters. The second-order valence-corrected chi connectivity index (χ2v) is 6.67. The Kier molecular flexibility index (Phi) is 5.05. The number of cyclic esters (lactones) is 1. The maximum Gasteiger partial charge on any atom is 0.363 e. The number of hydrogen-bond acceptors (Lipinski definition) is 8. The van der Waals surface area contributed by atoms with Crippen molar-refractivity contribution >= 4 is 40.9 Å². The van der Waals surface area contributed by atoms with Gasteiger partial charge in [0.15, 0.2) is 5.70 Å². The van der Waals surface area contributed by atoms with Crippen molar-refractivity contribution in [3.8, 4) is 11.3 Å². The van der Waals surface area contributed by atoms with E-state index >= 15 is 0 Å². The Morgan fingerprint density at radius 1 is 0.935 bits per heavy atom. The predicted octanol–water partition coefficient (Wildman–Crippen LogP) is 4.76. The van der Waals surface area contributed by atoms with Crippen LogP contribution >= 0.6 is 11.6 Å². The molecule has 10 nitrogen and oxygen atoms in total. The van der Waals surface area contributed by atoms with Crippen LogP contribution < -0.4 is 0 Å². The van der Waals surface area contributed by atoms with E-state index in [1.165, 1.54) is 30.3 Å². The van der Waals surface area contributed by atoms with Crippen molar-refractivity contribution < 1.29 is 23.8 Å². The van der Waals surface area contributed by atoms with Crippen LogP contribution in [0.15, 0.2) is 69.7 Å². The number of esters is 1. The summed E-state index contributed by atoms with van der Waals surface area (Å²) in [6.07, 6.45) is 1.36. The molecule has 4 rings (SSSR count). The molecular weight excluding hydrogens is 430 g/mol. The van der Waals surface area contributed by atoms with E-state index in [0.717, 1.165) is 6.07 Å². The number of aliphatic imine (C=N–C) groups is 1. The van der Waals surface area contributed by atoms with Gasteiger partial charge >= 0.3 is 5.97 Å². The highest BCUT2D eigenvalue weighted by Crippen LogP contribution is 2.29. The van der Waals surface area contributed by atoms with Gasteiger partial charge in [-0.15, -0.1) is 0 Å². The lowest BCUT2D eigenvalue weighted by molar-refractivity contribution is -0.385. The Bertz CT molecular complexity index is 1290. The molecule has 154 valence electrons. The van der Waals surface area contributed by atoms with Gasteiger partial charge in [-0.05, 0) is 36.4 Å². The Balaban J connectivity index is 1.60. The normalized spacial score (nSPS) is 14.4. The third kappa shape index (κ3) is 4.05. The smallest absolute Gasteiger partial charge is 0.363 e. The Labute approximate surface area is 178 Å². The maximum atomic E-state index is 12.2. The lowest BCUT2D eigenvalue weighted by Gasteiger charge is -2.00. The highest BCUT2D eigenvalue weighted by atomic mass is 35.5. The molecule has 0 amide bonds. The van der Waals surface area contributed by atoms with Crippen LogP contribution in [-0.4, -0.2) is 21.7 Å². The van der Waals surface area contributed by atoms with Crippen LogP contribution in [0.25, 0.3) is 17.4 Å². The first kappa shape index (κ1) is 20.0. The maximum absolute atomic E-state index is 12.2. The number of benzene rings is 2. The molecule has 2 heterocycles. The van der Waals surface area contributed by atoms with E-state index in [0.29, 0.717) is 17.1 Å². The lowest BCUT2D eigenvalue weighted by Crippen LogP contribution is -2.06. The lowest BCUT2D eigenvalue weighted by atomic mass is 10.1. The average molecular weight is 440 g/mol. The van der Waals surface area contributed by atoms with E-state index in [1.54, 1.807) is 24.3 Å². The zero-order valence-corrected chi connectivity index (χ0v) is 16.1. The summed E-state index contributed by atoms with van der Waals surface area (Å²) in [6.45, 7) is 0. The summed E-state index contributed by atoms with van der Waals surface area (Å²) in [5, 5.41) is 21.7. The summed E-state index contributed by atoms with van der Waals surface area (Å²) in [5.41, 5.74) is 0.391. The van der Waals surface area contributed by atoms with Crippen LogP contribution in [0.5, 0.6) is 0 Å². The van der Waals surface area contributed by atoms with Gasteiger partial charge < -0.3 is 9.15 Å². The zero-order chi connectivity index (χ0) is 22.1. The van der Waals surface area contributed by atoms with E-state index in [-0.39, 0.29) is 33.6 Å². The van der Waals surface area contributed by atoms with Crippen molar-refractivity contribution in [2.45, 2.75) is 0 Å². The van der Waals surface area contributed by atoms with E-state index in [2.05, 4.69) is 4.99 Å². The molecule has 1 aliphatic heterocycles. The van der Waals surface area contributed by atoms with E-state index in [1.807, 2.05) is 0 Å². The minimum atomic E-state index is -0.749. The fraction of sp³-hybridized carbons (Fsp3) is 0. The molecular formula is C20H10ClN3O7. The van der Waals surface area contributed by atoms with Crippen LogP contribution in [0.2, 0.25) is 5.02 Å². The summed E-state index contributed by atoms with van der Waals surface area (Å²) < 4.78 is 10.8. The summed E-state index contributed by atoms with van der Waals surface area (Å²) in [5.74, 6) is -0.114. The minimum Gasteiger partial charge on any atom is -0.457 e. The first-order valence-electron chi connectivity index (χ1n) is 8.63. The van der Waals surface area contributed by atoms with Gasteiger partial charge in [0.05, 0.1) is 9.85 Å². The molecule has 1 aliphatic rings. The van der Waals surface area contributed by atoms with Gasteiger partial charge in [0.1, 0.15) is 16.5 Å². The third-order valence-corrected chi connectivity index (χ3v) is 4.60. The molecule has 1 aromatic heterocycles. The predicted molar refractivity (Wildman–Crippen MR) is 110 cm³/mol. The standard InChI is InChI=1S/C20H10ClN3O7/c21-15-7-3-12(9-17(15)24(28)29)19-22-16(20(25)31-19)10-14-6-8-18(30-14)11-1-4-13(5-2-11)23(26)27/h1-10H/b16-10-. The molecule has 0 saturated heterocycles. The summed E-state index contributed by atoms with van der Waals surface area (Å²) >= 11 is 5.79. The SMILES string of the molecule is O=C1OC(c2ccc(Cl)c([N+](=O)[O-])c2)=N/C1=C\c1ccc(-c2ccc([N+](=O)[O-])cc2)o1. The molecule has 31 heavy (non-hydrogen) atoms. The number of hydrogen-bond donors (Lipinski definition) is 0. The number of nitro groups is 2. The number of ether oxygens (including phenoxy) is 1. The number of carbonyl (C=O) groups is 1. The van der Waals surface area contributed by atoms with Crippen molar-refractivity contribution in [2.24, 2.45) is 4.99 Å². The fourth-order valence-electron chi connectivity index (χ4n) is 2.79. The van der Waals surface area contributed by atoms with Gasteiger partial charge in [-0.1, -0.05) is 11.6 Å². The zero-order valence-electron chi connectivity index (χ0n) is 15.4. The molecule has 0 N–H and O–H groups in total. The highest BCUT2D eigenvalue weighted by molar-refractivity contribution is 6.32. The Morgan fingerprint density at radius 3 is 2.32 bits per heavy atom. The number of halogens is 1. The van der Waals surface area contributed by atoms with Crippen LogP contribution in [0.4, 0.5) is 11.4 Å². The molecule has 0 bridgehead atoms. The van der Waals surface area contributed by atoms with E-state index < -0.39 is 15.8 Å². The van der Waals surface area contributed by atoms with Gasteiger partial charge in [0, 0.05) is 35.4 Å². The average Bonchev–Trinajstić information content (AvgIpc) is 3.35. The highest BCUT2D eigenvalue weighted by Gasteiger charge is 2.26. The number of carbonyl (C=O) groups excluding carboxylic acids is 1. The summed E-state index contributed by atoms with van der Waals surface area (Å²) in [7, 11) is 0. The topological polar surface area (TPSA) is 138 Å². The van der Waals surface area contributed by atoms with Gasteiger partial charge in [0.25, 0.3) is 11.4 Å². The van der Waals surface area contributed by atoms with Gasteiger partial charge in [-0.25, -0.2) is 9.79 Å². The van der Waals surface area contributed by atoms with Crippen LogP contribution in [0.1, 0.15) is 11.3 Å². The molecule has 11 heteroatoms. The van der Waals surface area contributed by atoms with Crippen molar-refractivity contribution in [2.75, 3.05) is 0 Å². The van der Waals surface area contributed by atoms with Crippen molar-refractivity contribution in [1.82, 2.24) is 0 Å². The Hall–Kier alpha value is -4.31.